The number of para-hydroxylation sites is 1. The highest BCUT2D eigenvalue weighted by Crippen LogP contribution is 2.21. The maximum absolute atomic E-state index is 12.3. The largest absolute Gasteiger partial charge is 0.378 e. The minimum Gasteiger partial charge on any atom is -0.378 e. The molecule has 1 fully saturated rings. The van der Waals surface area contributed by atoms with Gasteiger partial charge < -0.3 is 10.1 Å². The van der Waals surface area contributed by atoms with Crippen molar-refractivity contribution < 1.29 is 9.53 Å². The summed E-state index contributed by atoms with van der Waals surface area (Å²) in [7, 11) is 0. The standard InChI is InChI=1S/C20H27N3O2/c1-15(22-20(24)12-11-18-10-6-7-13-25-18)19-14-21-23(16(19)2)17-8-4-3-5-9-17/h3-5,8-9,14-15,18H,6-7,10-13H2,1-2H3,(H,22,24)/t15-,18-/m1/s1. The van der Waals surface area contributed by atoms with Crippen LogP contribution in [-0.4, -0.2) is 28.4 Å². The number of carbonyl (C=O) groups excluding carboxylic acids is 1. The van der Waals surface area contributed by atoms with Gasteiger partial charge in [0, 0.05) is 24.3 Å². The molecular formula is C20H27N3O2. The van der Waals surface area contributed by atoms with Crippen LogP contribution >= 0.6 is 0 Å². The van der Waals surface area contributed by atoms with E-state index in [9.17, 15) is 4.79 Å². The quantitative estimate of drug-likeness (QED) is 0.871. The van der Waals surface area contributed by atoms with E-state index >= 15 is 0 Å². The fraction of sp³-hybridized carbons (Fsp3) is 0.500. The Morgan fingerprint density at radius 3 is 2.88 bits per heavy atom. The van der Waals surface area contributed by atoms with Gasteiger partial charge in [-0.05, 0) is 51.7 Å². The van der Waals surface area contributed by atoms with Gasteiger partial charge in [-0.1, -0.05) is 18.2 Å². The Labute approximate surface area is 149 Å². The second-order valence-electron chi connectivity index (χ2n) is 6.75. The number of hydrogen-bond donors (Lipinski definition) is 1. The van der Waals surface area contributed by atoms with Gasteiger partial charge in [0.2, 0.25) is 5.91 Å². The van der Waals surface area contributed by atoms with Crippen LogP contribution < -0.4 is 5.32 Å². The van der Waals surface area contributed by atoms with Crippen molar-refractivity contribution in [3.05, 3.63) is 47.8 Å². The van der Waals surface area contributed by atoms with Crippen molar-refractivity contribution in [1.82, 2.24) is 15.1 Å². The van der Waals surface area contributed by atoms with Crippen molar-refractivity contribution in [3.63, 3.8) is 0 Å². The molecule has 1 saturated heterocycles. The summed E-state index contributed by atoms with van der Waals surface area (Å²) in [6.07, 6.45) is 6.84. The van der Waals surface area contributed by atoms with E-state index in [1.54, 1.807) is 0 Å². The van der Waals surface area contributed by atoms with Gasteiger partial charge in [-0.15, -0.1) is 0 Å². The number of nitrogens with one attached hydrogen (secondary N) is 1. The molecule has 2 atom stereocenters. The van der Waals surface area contributed by atoms with Crippen molar-refractivity contribution in [1.29, 1.82) is 0 Å². The first-order valence-corrected chi connectivity index (χ1v) is 9.16. The molecule has 1 aliphatic rings. The molecule has 1 aromatic carbocycles. The Kier molecular flexibility index (Phi) is 5.87. The minimum absolute atomic E-state index is 0.0581. The fourth-order valence-corrected chi connectivity index (χ4v) is 3.40. The smallest absolute Gasteiger partial charge is 0.220 e. The lowest BCUT2D eigenvalue weighted by Gasteiger charge is -2.22. The predicted octanol–water partition coefficient (Wildman–Crippen LogP) is 3.71. The Morgan fingerprint density at radius 2 is 2.16 bits per heavy atom. The highest BCUT2D eigenvalue weighted by molar-refractivity contribution is 5.76. The van der Waals surface area contributed by atoms with Crippen LogP contribution in [0.1, 0.15) is 56.3 Å². The zero-order valence-corrected chi connectivity index (χ0v) is 15.1. The number of nitrogens with zero attached hydrogens (tertiary/aromatic N) is 2. The van der Waals surface area contributed by atoms with Gasteiger partial charge in [0.1, 0.15) is 0 Å². The molecule has 0 bridgehead atoms. The van der Waals surface area contributed by atoms with Gasteiger partial charge in [-0.2, -0.15) is 5.10 Å². The maximum Gasteiger partial charge on any atom is 0.220 e. The Hall–Kier alpha value is -2.14. The van der Waals surface area contributed by atoms with Crippen LogP contribution in [0.4, 0.5) is 0 Å². The molecule has 1 aliphatic heterocycles. The van der Waals surface area contributed by atoms with Crippen molar-refractivity contribution >= 4 is 5.91 Å². The molecular weight excluding hydrogens is 314 g/mol. The lowest BCUT2D eigenvalue weighted by molar-refractivity contribution is -0.122. The Balaban J connectivity index is 1.57. The van der Waals surface area contributed by atoms with Crippen molar-refractivity contribution in [2.45, 2.75) is 58.1 Å². The summed E-state index contributed by atoms with van der Waals surface area (Å²) in [4.78, 5) is 12.3. The highest BCUT2D eigenvalue weighted by Gasteiger charge is 2.18. The van der Waals surface area contributed by atoms with Crippen molar-refractivity contribution in [2.75, 3.05) is 6.61 Å². The molecule has 0 unspecified atom stereocenters. The third-order valence-electron chi connectivity index (χ3n) is 4.86. The third kappa shape index (κ3) is 4.48. The molecule has 5 heteroatoms. The van der Waals surface area contributed by atoms with Crippen LogP contribution in [0.2, 0.25) is 0 Å². The SMILES string of the molecule is Cc1c([C@@H](C)NC(=O)CC[C@H]2CCCCO2)cnn1-c1ccccc1. The zero-order valence-electron chi connectivity index (χ0n) is 15.1. The van der Waals surface area contributed by atoms with E-state index in [1.807, 2.05) is 55.1 Å². The summed E-state index contributed by atoms with van der Waals surface area (Å²) in [6, 6.07) is 9.97. The number of amides is 1. The van der Waals surface area contributed by atoms with Crippen LogP contribution in [-0.2, 0) is 9.53 Å². The molecule has 5 nitrogen and oxygen atoms in total. The molecule has 2 aromatic rings. The fourth-order valence-electron chi connectivity index (χ4n) is 3.40. The molecule has 0 radical (unpaired) electrons. The lowest BCUT2D eigenvalue weighted by Crippen LogP contribution is -2.28. The Bertz CT molecular complexity index is 690. The zero-order chi connectivity index (χ0) is 17.6. The van der Waals surface area contributed by atoms with E-state index in [0.29, 0.717) is 6.42 Å². The minimum atomic E-state index is -0.0581. The third-order valence-corrected chi connectivity index (χ3v) is 4.86. The number of hydrogen-bond acceptors (Lipinski definition) is 3. The Morgan fingerprint density at radius 1 is 1.36 bits per heavy atom. The molecule has 3 rings (SSSR count). The van der Waals surface area contributed by atoms with Crippen molar-refractivity contribution in [2.24, 2.45) is 0 Å². The van der Waals surface area contributed by atoms with E-state index in [1.165, 1.54) is 6.42 Å². The maximum atomic E-state index is 12.3. The molecule has 25 heavy (non-hydrogen) atoms. The summed E-state index contributed by atoms with van der Waals surface area (Å²) < 4.78 is 7.61. The first-order chi connectivity index (χ1) is 12.1. The second kappa shape index (κ2) is 8.30. The van der Waals surface area contributed by atoms with Gasteiger partial charge >= 0.3 is 0 Å². The summed E-state index contributed by atoms with van der Waals surface area (Å²) >= 11 is 0. The highest BCUT2D eigenvalue weighted by atomic mass is 16.5. The first kappa shape index (κ1) is 17.7. The van der Waals surface area contributed by atoms with Crippen LogP contribution in [0.25, 0.3) is 5.69 Å². The predicted molar refractivity (Wildman–Crippen MR) is 97.7 cm³/mol. The summed E-state index contributed by atoms with van der Waals surface area (Å²) in [5, 5.41) is 7.57. The van der Waals surface area contributed by atoms with E-state index in [4.69, 9.17) is 4.74 Å². The molecule has 2 heterocycles. The van der Waals surface area contributed by atoms with Crippen LogP contribution in [0.15, 0.2) is 36.5 Å². The number of ether oxygens (including phenoxy) is 1. The molecule has 0 saturated carbocycles. The summed E-state index contributed by atoms with van der Waals surface area (Å²) in [6.45, 7) is 4.88. The van der Waals surface area contributed by atoms with Gasteiger partial charge in [0.15, 0.2) is 0 Å². The molecule has 0 spiro atoms. The molecule has 1 N–H and O–H groups in total. The average Bonchev–Trinajstić information content (AvgIpc) is 3.03. The molecule has 1 amide bonds. The van der Waals surface area contributed by atoms with Crippen LogP contribution in [0.5, 0.6) is 0 Å². The van der Waals surface area contributed by atoms with Crippen LogP contribution in [0, 0.1) is 6.92 Å². The average molecular weight is 341 g/mol. The van der Waals surface area contributed by atoms with Gasteiger partial charge in [-0.3, -0.25) is 4.79 Å². The van der Waals surface area contributed by atoms with Crippen molar-refractivity contribution in [3.8, 4) is 5.69 Å². The molecule has 134 valence electrons. The first-order valence-electron chi connectivity index (χ1n) is 9.16. The monoisotopic (exact) mass is 341 g/mol. The van der Waals surface area contributed by atoms with Gasteiger partial charge in [-0.25, -0.2) is 4.68 Å². The van der Waals surface area contributed by atoms with Gasteiger partial charge in [0.05, 0.1) is 24.0 Å². The van der Waals surface area contributed by atoms with Crippen LogP contribution in [0.3, 0.4) is 0 Å². The molecule has 1 aromatic heterocycles. The number of carbonyl (C=O) groups is 1. The number of benzene rings is 1. The van der Waals surface area contributed by atoms with E-state index in [2.05, 4.69) is 10.4 Å². The topological polar surface area (TPSA) is 56.1 Å². The number of rotatable bonds is 6. The van der Waals surface area contributed by atoms with E-state index in [-0.39, 0.29) is 18.1 Å². The van der Waals surface area contributed by atoms with E-state index in [0.717, 1.165) is 42.8 Å². The lowest BCUT2D eigenvalue weighted by atomic mass is 10.0. The normalized spacial score (nSPS) is 18.7. The second-order valence-corrected chi connectivity index (χ2v) is 6.75. The summed E-state index contributed by atoms with van der Waals surface area (Å²) in [5.41, 5.74) is 3.12. The number of aromatic nitrogens is 2. The van der Waals surface area contributed by atoms with Gasteiger partial charge in [0.25, 0.3) is 0 Å². The molecule has 0 aliphatic carbocycles. The van der Waals surface area contributed by atoms with E-state index < -0.39 is 0 Å². The summed E-state index contributed by atoms with van der Waals surface area (Å²) in [5.74, 6) is 0.0773.